The number of ketones is 1. The summed E-state index contributed by atoms with van der Waals surface area (Å²) in [5.41, 5.74) is -0.588. The molecule has 0 radical (unpaired) electrons. The molecule has 1 heterocycles. The summed E-state index contributed by atoms with van der Waals surface area (Å²) < 4.78 is 31.9. The summed E-state index contributed by atoms with van der Waals surface area (Å²) in [5, 5.41) is 2.51. The van der Waals surface area contributed by atoms with Gasteiger partial charge in [-0.3, -0.25) is 9.59 Å². The van der Waals surface area contributed by atoms with Crippen LogP contribution in [0.1, 0.15) is 23.2 Å². The topological polar surface area (TPSA) is 55.4 Å². The molecule has 0 aromatic heterocycles. The van der Waals surface area contributed by atoms with Gasteiger partial charge in [0.15, 0.2) is 11.6 Å². The van der Waals surface area contributed by atoms with E-state index < -0.39 is 28.9 Å². The molecule has 0 saturated carbocycles. The van der Waals surface area contributed by atoms with Crippen molar-refractivity contribution in [3.05, 3.63) is 33.8 Å². The number of carbonyl (C=O) groups is 2. The lowest BCUT2D eigenvalue weighted by Gasteiger charge is -2.22. The third kappa shape index (κ3) is 3.21. The molecule has 1 fully saturated rings. The lowest BCUT2D eigenvalue weighted by Crippen LogP contribution is -2.42. The molecular formula is C13H12BrF2NO3. The zero-order chi connectivity index (χ0) is 14.7. The predicted octanol–water partition coefficient (Wildman–Crippen LogP) is 2.21. The van der Waals surface area contributed by atoms with Crippen molar-refractivity contribution in [2.75, 3.05) is 13.2 Å². The number of nitrogens with one attached hydrogen (secondary N) is 1. The van der Waals surface area contributed by atoms with Gasteiger partial charge in [-0.2, -0.15) is 0 Å². The number of Topliss-reactive ketones (excluding diaryl/α,β-unsaturated/α-hetero) is 1. The van der Waals surface area contributed by atoms with Crippen LogP contribution in [0.2, 0.25) is 0 Å². The summed E-state index contributed by atoms with van der Waals surface area (Å²) in [4.78, 5) is 23.7. The number of amides is 1. The third-order valence-corrected chi connectivity index (χ3v) is 3.69. The van der Waals surface area contributed by atoms with Gasteiger partial charge in [-0.15, -0.1) is 0 Å². The molecule has 1 N–H and O–H groups in total. The minimum absolute atomic E-state index is 0.0449. The van der Waals surface area contributed by atoms with Crippen LogP contribution in [-0.2, 0) is 9.53 Å². The number of hydrogen-bond acceptors (Lipinski definition) is 3. The number of rotatable bonds is 3. The van der Waals surface area contributed by atoms with E-state index in [1.807, 2.05) is 0 Å². The van der Waals surface area contributed by atoms with Gasteiger partial charge in [0.25, 0.3) is 11.7 Å². The van der Waals surface area contributed by atoms with Crippen LogP contribution in [0.15, 0.2) is 16.6 Å². The highest BCUT2D eigenvalue weighted by Crippen LogP contribution is 2.22. The quantitative estimate of drug-likeness (QED) is 0.518. The fraction of sp³-hybridized carbons (Fsp3) is 0.385. The molecule has 1 saturated heterocycles. The van der Waals surface area contributed by atoms with Crippen molar-refractivity contribution in [2.45, 2.75) is 18.9 Å². The summed E-state index contributed by atoms with van der Waals surface area (Å²) >= 11 is 2.95. The maximum Gasteiger partial charge on any atom is 0.292 e. The Morgan fingerprint density at radius 1 is 1.25 bits per heavy atom. The van der Waals surface area contributed by atoms with E-state index in [-0.39, 0.29) is 10.5 Å². The number of carbonyl (C=O) groups excluding carboxylic acids is 2. The molecule has 4 nitrogen and oxygen atoms in total. The minimum atomic E-state index is -1.33. The van der Waals surface area contributed by atoms with E-state index in [0.717, 1.165) is 6.07 Å². The molecular weight excluding hydrogens is 336 g/mol. The van der Waals surface area contributed by atoms with Crippen LogP contribution in [0.3, 0.4) is 0 Å². The molecule has 1 aromatic rings. The first-order chi connectivity index (χ1) is 9.50. The molecule has 0 atom stereocenters. The first kappa shape index (κ1) is 15.1. The highest BCUT2D eigenvalue weighted by atomic mass is 79.9. The Morgan fingerprint density at radius 2 is 1.90 bits per heavy atom. The highest BCUT2D eigenvalue weighted by Gasteiger charge is 2.27. The fourth-order valence-electron chi connectivity index (χ4n) is 1.94. The highest BCUT2D eigenvalue weighted by molar-refractivity contribution is 9.10. The van der Waals surface area contributed by atoms with Gasteiger partial charge >= 0.3 is 0 Å². The van der Waals surface area contributed by atoms with Crippen LogP contribution in [0, 0.1) is 11.6 Å². The van der Waals surface area contributed by atoms with Crippen molar-refractivity contribution in [3.63, 3.8) is 0 Å². The fourth-order valence-corrected chi connectivity index (χ4v) is 2.43. The molecule has 0 spiro atoms. The van der Waals surface area contributed by atoms with Crippen LogP contribution >= 0.6 is 15.9 Å². The van der Waals surface area contributed by atoms with Crippen LogP contribution in [0.5, 0.6) is 0 Å². The van der Waals surface area contributed by atoms with Crippen molar-refractivity contribution < 1.29 is 23.1 Å². The minimum Gasteiger partial charge on any atom is -0.381 e. The summed E-state index contributed by atoms with van der Waals surface area (Å²) in [5.74, 6) is -4.54. The molecule has 108 valence electrons. The van der Waals surface area contributed by atoms with Gasteiger partial charge in [0.1, 0.15) is 0 Å². The zero-order valence-electron chi connectivity index (χ0n) is 10.4. The SMILES string of the molecule is O=C(NC1CCOCC1)C(=O)c1c(Br)ccc(F)c1F. The van der Waals surface area contributed by atoms with Gasteiger partial charge in [0, 0.05) is 23.7 Å². The maximum absolute atomic E-state index is 13.6. The van der Waals surface area contributed by atoms with Crippen molar-refractivity contribution in [1.29, 1.82) is 0 Å². The molecule has 20 heavy (non-hydrogen) atoms. The number of benzene rings is 1. The molecule has 0 unspecified atom stereocenters. The Kier molecular flexibility index (Phi) is 4.82. The second kappa shape index (κ2) is 6.41. The predicted molar refractivity (Wildman–Crippen MR) is 70.4 cm³/mol. The van der Waals surface area contributed by atoms with Crippen molar-refractivity contribution in [2.24, 2.45) is 0 Å². The lowest BCUT2D eigenvalue weighted by molar-refractivity contribution is -0.118. The molecule has 7 heteroatoms. The average molecular weight is 348 g/mol. The second-order valence-corrected chi connectivity index (χ2v) is 5.26. The smallest absolute Gasteiger partial charge is 0.292 e. The van der Waals surface area contributed by atoms with Crippen LogP contribution < -0.4 is 5.32 Å². The van der Waals surface area contributed by atoms with E-state index in [4.69, 9.17) is 4.74 Å². The Morgan fingerprint density at radius 3 is 2.55 bits per heavy atom. The monoisotopic (exact) mass is 347 g/mol. The maximum atomic E-state index is 13.6. The van der Waals surface area contributed by atoms with Crippen molar-refractivity contribution >= 4 is 27.6 Å². The molecule has 2 rings (SSSR count). The van der Waals surface area contributed by atoms with Crippen molar-refractivity contribution in [3.8, 4) is 0 Å². The zero-order valence-corrected chi connectivity index (χ0v) is 12.0. The Bertz CT molecular complexity index is 545. The van der Waals surface area contributed by atoms with E-state index >= 15 is 0 Å². The second-order valence-electron chi connectivity index (χ2n) is 4.41. The first-order valence-corrected chi connectivity index (χ1v) is 6.86. The molecule has 1 aliphatic heterocycles. The van der Waals surface area contributed by atoms with E-state index in [0.29, 0.717) is 26.1 Å². The number of halogens is 3. The number of hydrogen-bond donors (Lipinski definition) is 1. The largest absolute Gasteiger partial charge is 0.381 e. The Balaban J connectivity index is 2.14. The molecule has 1 aromatic carbocycles. The standard InChI is InChI=1S/C13H12BrF2NO3/c14-8-1-2-9(15)11(16)10(8)12(18)13(19)17-7-3-5-20-6-4-7/h1-2,7H,3-6H2,(H,17,19). The summed E-state index contributed by atoms with van der Waals surface area (Å²) in [6, 6.07) is 1.88. The van der Waals surface area contributed by atoms with E-state index in [1.165, 1.54) is 6.07 Å². The van der Waals surface area contributed by atoms with Gasteiger partial charge in [0.2, 0.25) is 0 Å². The summed E-state index contributed by atoms with van der Waals surface area (Å²) in [6.07, 6.45) is 1.18. The van der Waals surface area contributed by atoms with Gasteiger partial charge in [-0.1, -0.05) is 0 Å². The third-order valence-electron chi connectivity index (χ3n) is 3.03. The summed E-state index contributed by atoms with van der Waals surface area (Å²) in [7, 11) is 0. The van der Waals surface area contributed by atoms with Gasteiger partial charge in [-0.25, -0.2) is 8.78 Å². The lowest BCUT2D eigenvalue weighted by atomic mass is 10.1. The van der Waals surface area contributed by atoms with Gasteiger partial charge in [-0.05, 0) is 40.9 Å². The molecule has 1 amide bonds. The van der Waals surface area contributed by atoms with Crippen LogP contribution in [0.25, 0.3) is 0 Å². The molecule has 0 bridgehead atoms. The average Bonchev–Trinajstić information content (AvgIpc) is 2.44. The van der Waals surface area contributed by atoms with E-state index in [9.17, 15) is 18.4 Å². The van der Waals surface area contributed by atoms with Crippen molar-refractivity contribution in [1.82, 2.24) is 5.32 Å². The van der Waals surface area contributed by atoms with E-state index in [2.05, 4.69) is 21.2 Å². The Labute approximate surface area is 122 Å². The number of ether oxygens (including phenoxy) is 1. The summed E-state index contributed by atoms with van der Waals surface area (Å²) in [6.45, 7) is 0.994. The van der Waals surface area contributed by atoms with E-state index in [1.54, 1.807) is 0 Å². The Hall–Kier alpha value is -1.34. The van der Waals surface area contributed by atoms with Gasteiger partial charge < -0.3 is 10.1 Å². The molecule has 0 aliphatic carbocycles. The van der Waals surface area contributed by atoms with Crippen LogP contribution in [-0.4, -0.2) is 30.9 Å². The molecule has 1 aliphatic rings. The normalized spacial score (nSPS) is 15.9. The van der Waals surface area contributed by atoms with Gasteiger partial charge in [0.05, 0.1) is 5.56 Å². The van der Waals surface area contributed by atoms with Crippen LogP contribution in [0.4, 0.5) is 8.78 Å². The first-order valence-electron chi connectivity index (χ1n) is 6.07.